The summed E-state index contributed by atoms with van der Waals surface area (Å²) >= 11 is 0. The quantitative estimate of drug-likeness (QED) is 0.845. The molecule has 0 radical (unpaired) electrons. The van der Waals surface area contributed by atoms with Crippen molar-refractivity contribution < 1.29 is 4.42 Å². The maximum atomic E-state index is 6.31. The summed E-state index contributed by atoms with van der Waals surface area (Å²) in [7, 11) is 0. The summed E-state index contributed by atoms with van der Waals surface area (Å²) in [6.07, 6.45) is 6.15. The first-order chi connectivity index (χ1) is 7.70. The molecule has 1 fully saturated rings. The van der Waals surface area contributed by atoms with Crippen molar-refractivity contribution in [2.24, 2.45) is 17.6 Å². The molecule has 0 bridgehead atoms. The Balaban J connectivity index is 2.02. The summed E-state index contributed by atoms with van der Waals surface area (Å²) in [6, 6.07) is 4.22. The van der Waals surface area contributed by atoms with E-state index in [-0.39, 0.29) is 6.04 Å². The minimum Gasteiger partial charge on any atom is -0.464 e. The summed E-state index contributed by atoms with van der Waals surface area (Å²) in [4.78, 5) is 0. The van der Waals surface area contributed by atoms with Crippen LogP contribution in [0, 0.1) is 11.8 Å². The highest BCUT2D eigenvalue weighted by molar-refractivity contribution is 5.11. The Labute approximate surface area is 98.2 Å². The molecule has 2 nitrogen and oxygen atoms in total. The van der Waals surface area contributed by atoms with Gasteiger partial charge in [0.15, 0.2) is 0 Å². The number of aryl methyl sites for hydroxylation is 1. The lowest BCUT2D eigenvalue weighted by Crippen LogP contribution is -2.25. The van der Waals surface area contributed by atoms with E-state index in [2.05, 4.69) is 26.0 Å². The third kappa shape index (κ3) is 2.49. The lowest BCUT2D eigenvalue weighted by atomic mass is 9.78. The van der Waals surface area contributed by atoms with Gasteiger partial charge in [0.2, 0.25) is 0 Å². The van der Waals surface area contributed by atoms with Crippen LogP contribution in [0.4, 0.5) is 0 Å². The van der Waals surface area contributed by atoms with Gasteiger partial charge in [0.05, 0.1) is 6.04 Å². The Morgan fingerprint density at radius 3 is 2.88 bits per heavy atom. The molecule has 0 saturated heterocycles. The van der Waals surface area contributed by atoms with Gasteiger partial charge in [-0.2, -0.15) is 0 Å². The normalized spacial score (nSPS) is 27.9. The van der Waals surface area contributed by atoms with E-state index in [1.165, 1.54) is 25.7 Å². The molecular formula is C14H23NO. The minimum atomic E-state index is 0.100. The molecule has 1 aliphatic carbocycles. The fourth-order valence-electron chi connectivity index (χ4n) is 2.80. The SMILES string of the molecule is CCc1ccc(C(N)C2CCCC(C)C2)o1. The lowest BCUT2D eigenvalue weighted by molar-refractivity contribution is 0.230. The van der Waals surface area contributed by atoms with Crippen LogP contribution in [0.3, 0.4) is 0 Å². The Kier molecular flexibility index (Phi) is 3.70. The molecule has 3 unspecified atom stereocenters. The minimum absolute atomic E-state index is 0.100. The predicted molar refractivity (Wildman–Crippen MR) is 66.1 cm³/mol. The summed E-state index contributed by atoms with van der Waals surface area (Å²) in [5, 5.41) is 0. The molecule has 0 aliphatic heterocycles. The van der Waals surface area contributed by atoms with Crippen molar-refractivity contribution in [3.05, 3.63) is 23.7 Å². The Hall–Kier alpha value is -0.760. The van der Waals surface area contributed by atoms with Crippen LogP contribution < -0.4 is 5.73 Å². The summed E-state index contributed by atoms with van der Waals surface area (Å²) in [6.45, 7) is 4.44. The average molecular weight is 221 g/mol. The maximum Gasteiger partial charge on any atom is 0.121 e. The van der Waals surface area contributed by atoms with E-state index in [0.29, 0.717) is 5.92 Å². The molecule has 2 heteroatoms. The van der Waals surface area contributed by atoms with Gasteiger partial charge in [-0.3, -0.25) is 0 Å². The average Bonchev–Trinajstić information content (AvgIpc) is 2.76. The molecular weight excluding hydrogens is 198 g/mol. The largest absolute Gasteiger partial charge is 0.464 e. The van der Waals surface area contributed by atoms with E-state index in [1.54, 1.807) is 0 Å². The Morgan fingerprint density at radius 1 is 1.44 bits per heavy atom. The molecule has 90 valence electrons. The third-order valence-corrected chi connectivity index (χ3v) is 3.84. The maximum absolute atomic E-state index is 6.31. The summed E-state index contributed by atoms with van der Waals surface area (Å²) in [5.74, 6) is 3.47. The van der Waals surface area contributed by atoms with Crippen molar-refractivity contribution in [2.75, 3.05) is 0 Å². The van der Waals surface area contributed by atoms with Crippen molar-refractivity contribution in [2.45, 2.75) is 52.0 Å². The van der Waals surface area contributed by atoms with Crippen LogP contribution in [-0.2, 0) is 6.42 Å². The van der Waals surface area contributed by atoms with Crippen LogP contribution in [0.15, 0.2) is 16.5 Å². The van der Waals surface area contributed by atoms with Crippen molar-refractivity contribution in [1.82, 2.24) is 0 Å². The summed E-state index contributed by atoms with van der Waals surface area (Å²) in [5.41, 5.74) is 6.31. The van der Waals surface area contributed by atoms with E-state index in [4.69, 9.17) is 10.2 Å². The van der Waals surface area contributed by atoms with Crippen LogP contribution in [0.25, 0.3) is 0 Å². The predicted octanol–water partition coefficient (Wildman–Crippen LogP) is 3.67. The topological polar surface area (TPSA) is 39.2 Å². The van der Waals surface area contributed by atoms with Crippen molar-refractivity contribution in [1.29, 1.82) is 0 Å². The molecule has 1 saturated carbocycles. The molecule has 2 N–H and O–H groups in total. The number of furan rings is 1. The van der Waals surface area contributed by atoms with Crippen LogP contribution in [0.5, 0.6) is 0 Å². The fourth-order valence-corrected chi connectivity index (χ4v) is 2.80. The highest BCUT2D eigenvalue weighted by Gasteiger charge is 2.26. The van der Waals surface area contributed by atoms with Gasteiger partial charge in [-0.05, 0) is 36.8 Å². The monoisotopic (exact) mass is 221 g/mol. The van der Waals surface area contributed by atoms with E-state index in [0.717, 1.165) is 23.9 Å². The molecule has 0 aromatic carbocycles. The molecule has 1 aromatic rings. The first kappa shape index (κ1) is 11.7. The van der Waals surface area contributed by atoms with Crippen molar-refractivity contribution >= 4 is 0 Å². The van der Waals surface area contributed by atoms with Crippen molar-refractivity contribution in [3.8, 4) is 0 Å². The number of rotatable bonds is 3. The van der Waals surface area contributed by atoms with Gasteiger partial charge in [0, 0.05) is 6.42 Å². The van der Waals surface area contributed by atoms with Gasteiger partial charge >= 0.3 is 0 Å². The van der Waals surface area contributed by atoms with Crippen LogP contribution in [0.2, 0.25) is 0 Å². The molecule has 1 aromatic heterocycles. The lowest BCUT2D eigenvalue weighted by Gasteiger charge is -2.30. The van der Waals surface area contributed by atoms with Crippen molar-refractivity contribution in [3.63, 3.8) is 0 Å². The zero-order valence-electron chi connectivity index (χ0n) is 10.4. The van der Waals surface area contributed by atoms with Gasteiger partial charge in [-0.1, -0.05) is 26.7 Å². The second-order valence-electron chi connectivity index (χ2n) is 5.22. The first-order valence-corrected chi connectivity index (χ1v) is 6.55. The molecule has 16 heavy (non-hydrogen) atoms. The smallest absolute Gasteiger partial charge is 0.121 e. The van der Waals surface area contributed by atoms with Gasteiger partial charge in [0.25, 0.3) is 0 Å². The van der Waals surface area contributed by atoms with E-state index in [1.807, 2.05) is 0 Å². The molecule has 1 aliphatic rings. The second-order valence-corrected chi connectivity index (χ2v) is 5.22. The van der Waals surface area contributed by atoms with Crippen LogP contribution in [0.1, 0.15) is 57.1 Å². The third-order valence-electron chi connectivity index (χ3n) is 3.84. The molecule has 0 spiro atoms. The number of hydrogen-bond donors (Lipinski definition) is 1. The highest BCUT2D eigenvalue weighted by Crippen LogP contribution is 2.36. The Morgan fingerprint density at radius 2 is 2.25 bits per heavy atom. The highest BCUT2D eigenvalue weighted by atomic mass is 16.3. The second kappa shape index (κ2) is 5.05. The molecule has 0 amide bonds. The molecule has 2 rings (SSSR count). The van der Waals surface area contributed by atoms with Gasteiger partial charge in [-0.15, -0.1) is 0 Å². The Bertz CT molecular complexity index is 331. The van der Waals surface area contributed by atoms with Gasteiger partial charge < -0.3 is 10.2 Å². The summed E-state index contributed by atoms with van der Waals surface area (Å²) < 4.78 is 5.76. The standard InChI is InChI=1S/C14H23NO/c1-3-12-7-8-13(16-12)14(15)11-6-4-5-10(2)9-11/h7-8,10-11,14H,3-6,9,15H2,1-2H3. The fraction of sp³-hybridized carbons (Fsp3) is 0.714. The zero-order valence-corrected chi connectivity index (χ0v) is 10.4. The van der Waals surface area contributed by atoms with E-state index < -0.39 is 0 Å². The molecule has 3 atom stereocenters. The van der Waals surface area contributed by atoms with E-state index in [9.17, 15) is 0 Å². The van der Waals surface area contributed by atoms with Gasteiger partial charge in [0.1, 0.15) is 11.5 Å². The first-order valence-electron chi connectivity index (χ1n) is 6.55. The van der Waals surface area contributed by atoms with Crippen LogP contribution in [-0.4, -0.2) is 0 Å². The molecule has 1 heterocycles. The van der Waals surface area contributed by atoms with Crippen LogP contribution >= 0.6 is 0 Å². The number of nitrogens with two attached hydrogens (primary N) is 1. The number of hydrogen-bond acceptors (Lipinski definition) is 2. The van der Waals surface area contributed by atoms with E-state index >= 15 is 0 Å². The zero-order chi connectivity index (χ0) is 11.5. The van der Waals surface area contributed by atoms with Gasteiger partial charge in [-0.25, -0.2) is 0 Å².